The van der Waals surface area contributed by atoms with Gasteiger partial charge in [-0.1, -0.05) is 37.3 Å². The van der Waals surface area contributed by atoms with Crippen LogP contribution in [0.4, 0.5) is 0 Å². The van der Waals surface area contributed by atoms with Crippen LogP contribution in [-0.4, -0.2) is 17.2 Å². The predicted octanol–water partition coefficient (Wildman–Crippen LogP) is 9.37. The molecule has 0 radical (unpaired) electrons. The second-order valence-electron chi connectivity index (χ2n) is 14.5. The third kappa shape index (κ3) is 4.11. The highest BCUT2D eigenvalue weighted by Crippen LogP contribution is 2.69. The minimum absolute atomic E-state index is 0.445. The van der Waals surface area contributed by atoms with Crippen LogP contribution in [0.15, 0.2) is 59.4 Å². The van der Waals surface area contributed by atoms with Crippen molar-refractivity contribution in [2.45, 2.75) is 94.5 Å². The number of ether oxygens (including phenoxy) is 1. The molecule has 0 N–H and O–H groups in total. The standard InChI is InChI=1S/C35H44NOP/c1-2-38(35-21-27-15-28(22-35)17-29(16-27)23-35)36-33(37-32-6-4-3-5-7-32)30-8-10-31(11-9-30)34-18-24-12-25(19-34)14-26(13-24)20-34/h3-11,24-29H,2,12-23H2,1H3/b36-33-. The van der Waals surface area contributed by atoms with Crippen LogP contribution in [0.5, 0.6) is 5.75 Å². The molecule has 8 aliphatic carbocycles. The van der Waals surface area contributed by atoms with Crippen molar-refractivity contribution in [1.82, 2.24) is 0 Å². The van der Waals surface area contributed by atoms with Gasteiger partial charge in [-0.3, -0.25) is 0 Å². The van der Waals surface area contributed by atoms with E-state index in [1.807, 2.05) is 0 Å². The summed E-state index contributed by atoms with van der Waals surface area (Å²) in [6, 6.07) is 20.0. The second-order valence-corrected chi connectivity index (χ2v) is 17.0. The Morgan fingerprint density at radius 2 is 1.21 bits per heavy atom. The summed E-state index contributed by atoms with van der Waals surface area (Å²) in [5.74, 6) is 7.61. The molecule has 0 amide bonds. The molecule has 8 bridgehead atoms. The normalized spacial score (nSPS) is 41.4. The van der Waals surface area contributed by atoms with Crippen LogP contribution < -0.4 is 4.74 Å². The Bertz CT molecular complexity index is 1130. The molecule has 0 aromatic heterocycles. The molecule has 8 aliphatic rings. The van der Waals surface area contributed by atoms with Gasteiger partial charge in [0, 0.05) is 18.8 Å². The molecule has 1 atom stereocenters. The summed E-state index contributed by atoms with van der Waals surface area (Å²) in [5, 5.41) is 0.462. The van der Waals surface area contributed by atoms with Gasteiger partial charge in [0.25, 0.3) is 0 Å². The molecule has 38 heavy (non-hydrogen) atoms. The first-order valence-electron chi connectivity index (χ1n) is 15.8. The molecular formula is C35H44NOP. The lowest BCUT2D eigenvalue weighted by Crippen LogP contribution is -2.49. The largest absolute Gasteiger partial charge is 0.438 e. The van der Waals surface area contributed by atoms with Crippen molar-refractivity contribution in [3.63, 3.8) is 0 Å². The fraction of sp³-hybridized carbons (Fsp3) is 0.629. The fourth-order valence-electron chi connectivity index (χ4n) is 11.2. The highest BCUT2D eigenvalue weighted by atomic mass is 31.1. The summed E-state index contributed by atoms with van der Waals surface area (Å²) in [7, 11) is -0.459. The van der Waals surface area contributed by atoms with Gasteiger partial charge in [-0.2, -0.15) is 0 Å². The molecule has 0 aliphatic heterocycles. The summed E-state index contributed by atoms with van der Waals surface area (Å²) < 4.78 is 12.3. The smallest absolute Gasteiger partial charge is 0.225 e. The van der Waals surface area contributed by atoms with E-state index < -0.39 is 8.07 Å². The van der Waals surface area contributed by atoms with Gasteiger partial charge in [0.2, 0.25) is 5.90 Å². The van der Waals surface area contributed by atoms with E-state index in [-0.39, 0.29) is 0 Å². The lowest BCUT2D eigenvalue weighted by atomic mass is 9.48. The van der Waals surface area contributed by atoms with E-state index in [4.69, 9.17) is 9.50 Å². The van der Waals surface area contributed by atoms with Crippen molar-refractivity contribution in [3.05, 3.63) is 65.7 Å². The third-order valence-corrected chi connectivity index (χ3v) is 14.5. The molecule has 3 heteroatoms. The average Bonchev–Trinajstić information content (AvgIpc) is 2.90. The third-order valence-electron chi connectivity index (χ3n) is 11.8. The molecule has 1 unspecified atom stereocenters. The highest BCUT2D eigenvalue weighted by molar-refractivity contribution is 7.58. The fourth-order valence-corrected chi connectivity index (χ4v) is 14.0. The van der Waals surface area contributed by atoms with Crippen molar-refractivity contribution < 1.29 is 4.74 Å². The van der Waals surface area contributed by atoms with E-state index in [1.54, 1.807) is 5.56 Å². The number of para-hydroxylation sites is 1. The highest BCUT2D eigenvalue weighted by Gasteiger charge is 2.54. The van der Waals surface area contributed by atoms with Gasteiger partial charge in [0.05, 0.1) is 0 Å². The number of benzene rings is 2. The Labute approximate surface area is 230 Å². The van der Waals surface area contributed by atoms with E-state index >= 15 is 0 Å². The molecule has 200 valence electrons. The topological polar surface area (TPSA) is 21.6 Å². The molecule has 0 heterocycles. The zero-order valence-electron chi connectivity index (χ0n) is 23.2. The van der Waals surface area contributed by atoms with Crippen molar-refractivity contribution >= 4 is 14.0 Å². The zero-order valence-corrected chi connectivity index (χ0v) is 24.0. The minimum Gasteiger partial charge on any atom is -0.438 e. The number of hydrogen-bond donors (Lipinski definition) is 0. The first-order chi connectivity index (χ1) is 18.6. The van der Waals surface area contributed by atoms with Crippen LogP contribution in [0, 0.1) is 35.5 Å². The van der Waals surface area contributed by atoms with E-state index in [1.165, 1.54) is 88.8 Å². The van der Waals surface area contributed by atoms with Crippen LogP contribution >= 0.6 is 8.07 Å². The lowest BCUT2D eigenvalue weighted by Gasteiger charge is -2.58. The molecule has 2 aromatic carbocycles. The predicted molar refractivity (Wildman–Crippen MR) is 158 cm³/mol. The summed E-state index contributed by atoms with van der Waals surface area (Å²) in [6.45, 7) is 2.39. The average molecular weight is 526 g/mol. The monoisotopic (exact) mass is 525 g/mol. The maximum atomic E-state index is 6.65. The van der Waals surface area contributed by atoms with Gasteiger partial charge in [0.1, 0.15) is 5.75 Å². The van der Waals surface area contributed by atoms with Gasteiger partial charge in [-0.15, -0.1) is 0 Å². The van der Waals surface area contributed by atoms with Gasteiger partial charge in [-0.05, 0) is 154 Å². The van der Waals surface area contributed by atoms with Gasteiger partial charge < -0.3 is 4.74 Å². The van der Waals surface area contributed by atoms with Crippen LogP contribution in [0.2, 0.25) is 0 Å². The Balaban J connectivity index is 1.13. The lowest BCUT2D eigenvalue weighted by molar-refractivity contribution is -0.00519. The maximum Gasteiger partial charge on any atom is 0.225 e. The van der Waals surface area contributed by atoms with E-state index in [9.17, 15) is 0 Å². The first kappa shape index (κ1) is 24.2. The Kier molecular flexibility index (Phi) is 5.84. The quantitative estimate of drug-likeness (QED) is 0.209. The van der Waals surface area contributed by atoms with Crippen molar-refractivity contribution in [3.8, 4) is 5.75 Å². The van der Waals surface area contributed by atoms with Crippen LogP contribution in [0.1, 0.15) is 95.1 Å². The molecule has 0 spiro atoms. The molecule has 2 aromatic rings. The minimum atomic E-state index is -0.459. The summed E-state index contributed by atoms with van der Waals surface area (Å²) in [4.78, 5) is 0. The molecular weight excluding hydrogens is 481 g/mol. The van der Waals surface area contributed by atoms with Crippen LogP contribution in [0.3, 0.4) is 0 Å². The van der Waals surface area contributed by atoms with Crippen molar-refractivity contribution in [1.29, 1.82) is 0 Å². The van der Waals surface area contributed by atoms with Crippen LogP contribution in [0.25, 0.3) is 0 Å². The molecule has 10 rings (SSSR count). The van der Waals surface area contributed by atoms with Gasteiger partial charge in [0.15, 0.2) is 0 Å². The Morgan fingerprint density at radius 3 is 1.71 bits per heavy atom. The van der Waals surface area contributed by atoms with Crippen molar-refractivity contribution in [2.24, 2.45) is 40.3 Å². The maximum absolute atomic E-state index is 6.65. The van der Waals surface area contributed by atoms with E-state index in [0.717, 1.165) is 47.2 Å². The van der Waals surface area contributed by atoms with E-state index in [0.29, 0.717) is 10.6 Å². The van der Waals surface area contributed by atoms with E-state index in [2.05, 4.69) is 61.5 Å². The summed E-state index contributed by atoms with van der Waals surface area (Å²) in [6.07, 6.45) is 18.7. The summed E-state index contributed by atoms with van der Waals surface area (Å²) in [5.41, 5.74) is 3.21. The molecule has 8 fully saturated rings. The van der Waals surface area contributed by atoms with Gasteiger partial charge in [-0.25, -0.2) is 4.76 Å². The van der Waals surface area contributed by atoms with Crippen molar-refractivity contribution in [2.75, 3.05) is 6.16 Å². The molecule has 0 saturated heterocycles. The number of rotatable bonds is 6. The van der Waals surface area contributed by atoms with Crippen LogP contribution in [-0.2, 0) is 5.41 Å². The second kappa shape index (κ2) is 9.19. The molecule has 2 nitrogen and oxygen atoms in total. The SMILES string of the molecule is CCP(/N=C(\Oc1ccccc1)c1ccc(C23CC4CC(CC(C4)C2)C3)cc1)C12CC3CC(CC(C3)C1)C2. The number of hydrogen-bond acceptors (Lipinski definition) is 2. The number of nitrogens with zero attached hydrogens (tertiary/aromatic N) is 1. The zero-order chi connectivity index (χ0) is 25.3. The summed E-state index contributed by atoms with van der Waals surface area (Å²) >= 11 is 0. The Hall–Kier alpha value is -1.66. The molecule has 8 saturated carbocycles. The van der Waals surface area contributed by atoms with Gasteiger partial charge >= 0.3 is 0 Å². The first-order valence-corrected chi connectivity index (χ1v) is 17.3. The Morgan fingerprint density at radius 1 is 0.711 bits per heavy atom.